The maximum atomic E-state index is 11.5. The van der Waals surface area contributed by atoms with Crippen molar-refractivity contribution in [3.8, 4) is 0 Å². The first-order valence-electron chi connectivity index (χ1n) is 5.62. The van der Waals surface area contributed by atoms with E-state index in [9.17, 15) is 4.79 Å². The largest absolute Gasteiger partial charge is 0.340 e. The zero-order chi connectivity index (χ0) is 11.4. The van der Waals surface area contributed by atoms with Crippen molar-refractivity contribution in [2.24, 2.45) is 0 Å². The van der Waals surface area contributed by atoms with Gasteiger partial charge in [-0.1, -0.05) is 0 Å². The van der Waals surface area contributed by atoms with Gasteiger partial charge in [-0.05, 0) is 33.7 Å². The van der Waals surface area contributed by atoms with E-state index in [1.165, 1.54) is 6.42 Å². The Kier molecular flexibility index (Phi) is 4.87. The maximum Gasteiger partial charge on any atom is 0.237 e. The molecule has 0 radical (unpaired) electrons. The molecule has 0 N–H and O–H groups in total. The molecule has 1 fully saturated rings. The number of likely N-dealkylation sites (tertiary alicyclic amines) is 1. The lowest BCUT2D eigenvalue weighted by atomic mass is 10.0. The topological polar surface area (TPSA) is 23.6 Å². The smallest absolute Gasteiger partial charge is 0.237 e. The molecule has 1 saturated heterocycles. The van der Waals surface area contributed by atoms with Crippen molar-refractivity contribution >= 4 is 17.5 Å². The fraction of sp³-hybridized carbons (Fsp3) is 0.909. The minimum atomic E-state index is 0.0681. The van der Waals surface area contributed by atoms with E-state index in [1.807, 2.05) is 4.90 Å². The number of amides is 1. The second-order valence-corrected chi connectivity index (χ2v) is 4.80. The Labute approximate surface area is 97.4 Å². The number of piperidine rings is 1. The summed E-state index contributed by atoms with van der Waals surface area (Å²) in [6, 6.07) is 1.02. The number of carbonyl (C=O) groups is 1. The number of rotatable bonds is 3. The van der Waals surface area contributed by atoms with Crippen molar-refractivity contribution in [3.05, 3.63) is 0 Å². The molecule has 88 valence electrons. The highest BCUT2D eigenvalue weighted by molar-refractivity contribution is 6.27. The SMILES string of the molecule is CC(C)N(C)[C@@H]1CCCN(C(=O)CCl)C1. The second kappa shape index (κ2) is 5.71. The van der Waals surface area contributed by atoms with Crippen LogP contribution in [-0.4, -0.2) is 53.8 Å². The minimum absolute atomic E-state index is 0.0681. The van der Waals surface area contributed by atoms with Crippen LogP contribution in [0.1, 0.15) is 26.7 Å². The van der Waals surface area contributed by atoms with Crippen LogP contribution in [0.15, 0.2) is 0 Å². The van der Waals surface area contributed by atoms with Crippen LogP contribution in [0, 0.1) is 0 Å². The van der Waals surface area contributed by atoms with E-state index in [0.29, 0.717) is 12.1 Å². The molecule has 1 aliphatic rings. The van der Waals surface area contributed by atoms with Crippen molar-refractivity contribution in [1.82, 2.24) is 9.80 Å². The number of hydrogen-bond acceptors (Lipinski definition) is 2. The van der Waals surface area contributed by atoms with E-state index < -0.39 is 0 Å². The van der Waals surface area contributed by atoms with Crippen molar-refractivity contribution in [3.63, 3.8) is 0 Å². The lowest BCUT2D eigenvalue weighted by Gasteiger charge is -2.39. The average Bonchev–Trinajstić information content (AvgIpc) is 2.27. The van der Waals surface area contributed by atoms with Gasteiger partial charge >= 0.3 is 0 Å². The molecule has 0 aromatic heterocycles. The van der Waals surface area contributed by atoms with Gasteiger partial charge in [0.15, 0.2) is 0 Å². The molecular formula is C11H21ClN2O. The molecule has 15 heavy (non-hydrogen) atoms. The third-order valence-electron chi connectivity index (χ3n) is 3.25. The first-order valence-corrected chi connectivity index (χ1v) is 6.15. The minimum Gasteiger partial charge on any atom is -0.340 e. The predicted octanol–water partition coefficient (Wildman–Crippen LogP) is 1.56. The quantitative estimate of drug-likeness (QED) is 0.690. The Morgan fingerprint density at radius 3 is 2.80 bits per heavy atom. The number of hydrogen-bond donors (Lipinski definition) is 0. The van der Waals surface area contributed by atoms with E-state index in [1.54, 1.807) is 0 Å². The summed E-state index contributed by atoms with van der Waals surface area (Å²) in [6.45, 7) is 6.07. The van der Waals surface area contributed by atoms with Gasteiger partial charge in [-0.3, -0.25) is 9.69 Å². The van der Waals surface area contributed by atoms with Crippen LogP contribution in [0.2, 0.25) is 0 Å². The molecule has 1 rings (SSSR count). The molecule has 1 amide bonds. The number of alkyl halides is 1. The molecule has 0 aliphatic carbocycles. The molecule has 0 aromatic rings. The average molecular weight is 233 g/mol. The van der Waals surface area contributed by atoms with E-state index in [0.717, 1.165) is 19.5 Å². The summed E-state index contributed by atoms with van der Waals surface area (Å²) in [5.74, 6) is 0.177. The van der Waals surface area contributed by atoms with E-state index in [-0.39, 0.29) is 11.8 Å². The summed E-state index contributed by atoms with van der Waals surface area (Å²) >= 11 is 5.57. The summed E-state index contributed by atoms with van der Waals surface area (Å²) in [4.78, 5) is 15.7. The molecule has 3 nitrogen and oxygen atoms in total. The van der Waals surface area contributed by atoms with Gasteiger partial charge in [-0.15, -0.1) is 11.6 Å². The van der Waals surface area contributed by atoms with E-state index in [4.69, 9.17) is 11.6 Å². The van der Waals surface area contributed by atoms with Crippen LogP contribution >= 0.6 is 11.6 Å². The Balaban J connectivity index is 2.52. The Morgan fingerprint density at radius 2 is 2.27 bits per heavy atom. The second-order valence-electron chi connectivity index (χ2n) is 4.53. The van der Waals surface area contributed by atoms with Gasteiger partial charge in [0.25, 0.3) is 0 Å². The summed E-state index contributed by atoms with van der Waals surface area (Å²) in [7, 11) is 2.13. The van der Waals surface area contributed by atoms with E-state index >= 15 is 0 Å². The predicted molar refractivity (Wildman–Crippen MR) is 63.2 cm³/mol. The van der Waals surface area contributed by atoms with Gasteiger partial charge < -0.3 is 4.90 Å². The number of likely N-dealkylation sites (N-methyl/N-ethyl adjacent to an activating group) is 1. The summed E-state index contributed by atoms with van der Waals surface area (Å²) in [5.41, 5.74) is 0. The first kappa shape index (κ1) is 12.8. The zero-order valence-corrected chi connectivity index (χ0v) is 10.6. The van der Waals surface area contributed by atoms with Gasteiger partial charge in [0.05, 0.1) is 0 Å². The number of nitrogens with zero attached hydrogens (tertiary/aromatic N) is 2. The standard InChI is InChI=1S/C11H21ClN2O/c1-9(2)13(3)10-5-4-6-14(8-10)11(15)7-12/h9-10H,4-8H2,1-3H3/t10-/m1/s1. The monoisotopic (exact) mass is 232 g/mol. The van der Waals surface area contributed by atoms with Crippen LogP contribution < -0.4 is 0 Å². The van der Waals surface area contributed by atoms with Gasteiger partial charge in [-0.25, -0.2) is 0 Å². The van der Waals surface area contributed by atoms with Crippen LogP contribution in [0.5, 0.6) is 0 Å². The molecule has 1 atom stereocenters. The lowest BCUT2D eigenvalue weighted by Crippen LogP contribution is -2.50. The highest BCUT2D eigenvalue weighted by Gasteiger charge is 2.26. The van der Waals surface area contributed by atoms with Crippen molar-refractivity contribution in [2.75, 3.05) is 26.0 Å². The van der Waals surface area contributed by atoms with Gasteiger partial charge in [0.1, 0.15) is 5.88 Å². The van der Waals surface area contributed by atoms with E-state index in [2.05, 4.69) is 25.8 Å². The van der Waals surface area contributed by atoms with Crippen LogP contribution in [0.25, 0.3) is 0 Å². The van der Waals surface area contributed by atoms with Crippen molar-refractivity contribution in [2.45, 2.75) is 38.8 Å². The van der Waals surface area contributed by atoms with Crippen LogP contribution in [-0.2, 0) is 4.79 Å². The molecule has 1 heterocycles. The Bertz CT molecular complexity index is 221. The first-order chi connectivity index (χ1) is 7.06. The van der Waals surface area contributed by atoms with Crippen molar-refractivity contribution < 1.29 is 4.79 Å². The third kappa shape index (κ3) is 3.35. The van der Waals surface area contributed by atoms with Crippen molar-refractivity contribution in [1.29, 1.82) is 0 Å². The molecule has 0 spiro atoms. The normalized spacial score (nSPS) is 22.5. The molecule has 0 aromatic carbocycles. The van der Waals surface area contributed by atoms with Gasteiger partial charge in [-0.2, -0.15) is 0 Å². The van der Waals surface area contributed by atoms with Crippen LogP contribution in [0.4, 0.5) is 0 Å². The lowest BCUT2D eigenvalue weighted by molar-refractivity contribution is -0.130. The maximum absolute atomic E-state index is 11.5. The Morgan fingerprint density at radius 1 is 1.60 bits per heavy atom. The molecule has 0 saturated carbocycles. The third-order valence-corrected chi connectivity index (χ3v) is 3.48. The summed E-state index contributed by atoms with van der Waals surface area (Å²) in [6.07, 6.45) is 2.27. The zero-order valence-electron chi connectivity index (χ0n) is 9.87. The molecule has 4 heteroatoms. The Hall–Kier alpha value is -0.280. The molecule has 1 aliphatic heterocycles. The molecule has 0 bridgehead atoms. The highest BCUT2D eigenvalue weighted by Crippen LogP contribution is 2.16. The van der Waals surface area contributed by atoms with Gasteiger partial charge in [0, 0.05) is 25.2 Å². The number of halogens is 1. The molecular weight excluding hydrogens is 212 g/mol. The number of carbonyl (C=O) groups excluding carboxylic acids is 1. The highest BCUT2D eigenvalue weighted by atomic mass is 35.5. The van der Waals surface area contributed by atoms with Crippen LogP contribution in [0.3, 0.4) is 0 Å². The fourth-order valence-electron chi connectivity index (χ4n) is 2.02. The van der Waals surface area contributed by atoms with Gasteiger partial charge in [0.2, 0.25) is 5.91 Å². The molecule has 0 unspecified atom stereocenters. The summed E-state index contributed by atoms with van der Waals surface area (Å²) in [5, 5.41) is 0. The fourth-order valence-corrected chi connectivity index (χ4v) is 2.19. The summed E-state index contributed by atoms with van der Waals surface area (Å²) < 4.78 is 0.